The van der Waals surface area contributed by atoms with E-state index >= 15 is 0 Å². The van der Waals surface area contributed by atoms with Gasteiger partial charge in [0.15, 0.2) is 12.5 Å². The number of nitrogens with two attached hydrogens (primary N) is 1. The number of nitrogens with zero attached hydrogens (tertiary/aromatic N) is 8. The Balaban J connectivity index is 0.000000666. The van der Waals surface area contributed by atoms with Crippen molar-refractivity contribution in [2.24, 2.45) is 0 Å². The smallest absolute Gasteiger partial charge is 0.850 e. The second-order valence-electron chi connectivity index (χ2n) is 20.2. The summed E-state index contributed by atoms with van der Waals surface area (Å²) in [6, 6.07) is 18.2. The van der Waals surface area contributed by atoms with Crippen LogP contribution >= 0.6 is 47.2 Å². The van der Waals surface area contributed by atoms with Crippen molar-refractivity contribution in [3.63, 3.8) is 0 Å². The van der Waals surface area contributed by atoms with Crippen LogP contribution in [0.2, 0.25) is 0 Å². The summed E-state index contributed by atoms with van der Waals surface area (Å²) in [6.07, 6.45) is 14.0. The number of β-amino-alcohol motifs (C(OH)–C–C–N with tert-alkyl or cyclic N) is 2. The molecule has 5 N–H and O–H groups in total. The van der Waals surface area contributed by atoms with Gasteiger partial charge in [-0.1, -0.05) is 43.1 Å². The number of aliphatic hydroxyl groups excluding tert-OH is 2. The zero-order valence-corrected chi connectivity index (χ0v) is 54.0. The van der Waals surface area contributed by atoms with Crippen LogP contribution in [0.1, 0.15) is 128 Å². The molecule has 4 aromatic heterocycles. The largest absolute Gasteiger partial charge is 1.00 e. The Hall–Kier alpha value is -4.58. The molecule has 0 bridgehead atoms. The number of anilines is 4. The number of halogens is 8. The van der Waals surface area contributed by atoms with Crippen molar-refractivity contribution < 1.29 is 118 Å². The molecule has 2 unspecified atom stereocenters. The van der Waals surface area contributed by atoms with Gasteiger partial charge >= 0.3 is 68.5 Å². The van der Waals surface area contributed by atoms with E-state index in [1.807, 2.05) is 31.3 Å². The van der Waals surface area contributed by atoms with Crippen molar-refractivity contribution in [1.82, 2.24) is 29.5 Å². The van der Waals surface area contributed by atoms with Crippen LogP contribution in [-0.2, 0) is 14.2 Å². The third-order valence-electron chi connectivity index (χ3n) is 12.6. The Morgan fingerprint density at radius 1 is 0.682 bits per heavy atom. The van der Waals surface area contributed by atoms with Crippen molar-refractivity contribution in [2.45, 2.75) is 136 Å². The molecule has 4 atom stereocenters. The fourth-order valence-corrected chi connectivity index (χ4v) is 9.16. The fourth-order valence-electron chi connectivity index (χ4n) is 8.98. The molecule has 484 valence electrons. The molecule has 88 heavy (non-hydrogen) atoms. The maximum absolute atomic E-state index is 13.1. The second kappa shape index (κ2) is 38.3. The van der Waals surface area contributed by atoms with E-state index < -0.39 is 34.7 Å². The summed E-state index contributed by atoms with van der Waals surface area (Å²) in [4.78, 5) is 38.3. The Kier molecular flexibility index (Phi) is 35.4. The van der Waals surface area contributed by atoms with Crippen molar-refractivity contribution in [3.8, 4) is 34.0 Å². The topological polar surface area (TPSA) is 250 Å². The number of carbonyl (C=O) groups is 2. The third-order valence-corrected chi connectivity index (χ3v) is 12.7. The van der Waals surface area contributed by atoms with Crippen LogP contribution in [0.3, 0.4) is 0 Å². The van der Waals surface area contributed by atoms with E-state index in [9.17, 15) is 42.5 Å². The number of amides is 1. The predicted octanol–water partition coefficient (Wildman–Crippen LogP) is 9.41. The van der Waals surface area contributed by atoms with Crippen LogP contribution < -0.4 is 86.8 Å². The molecule has 6 aromatic rings. The second-order valence-corrected chi connectivity index (χ2v) is 21.1. The van der Waals surface area contributed by atoms with E-state index in [4.69, 9.17) is 31.5 Å². The number of pyridine rings is 2. The number of hydrogen-bond donors (Lipinski definition) is 4. The van der Waals surface area contributed by atoms with E-state index in [1.165, 1.54) is 74.4 Å². The number of carbonyl (C=O) groups excluding carboxylic acids is 2. The molecular weight excluding hydrogens is 1270 g/mol. The number of nitrogen functional groups attached to an aromatic ring is 1. The summed E-state index contributed by atoms with van der Waals surface area (Å²) in [5.41, 5.74) is 1.69. The van der Waals surface area contributed by atoms with Crippen molar-refractivity contribution in [2.75, 3.05) is 73.7 Å². The molecule has 20 nitrogen and oxygen atoms in total. The SMILES string of the molecule is C.C.C.CC(C)(C)[O-].CCl.COC(=O)c1cnc(N2CC[C@@H](O)C2)c(-c2ccnn2C2CCCCO2)c1.Cl.Nc1ccc(OC(F)(F)Cl)cc1.O=C(Nc1ccc(OC(F)(F)Cl)cc1)c1cnc(N2CC[C@@H](O)C2)c(-c2ccnn2C2CCCCO2)c1.[K+]. The molecule has 1 amide bonds. The molecule has 0 aliphatic carbocycles. The standard InChI is InChI=1S/C25H26ClF2N5O4.C19H24N4O4.C7H6ClF2NO.C4H9O.CH3Cl.3CH4.ClH.K/c26-25(27,28)37-19-6-4-17(5-7-19)31-24(35)16-13-20(23(29-14-16)32-11-9-18(34)15-32)21-8-10-30-33(21)22-3-1-2-12-36-22;1-26-19(25)13-10-15(18(20-11-13)22-8-6-14(24)12-22)16-5-7-21-23(16)17-4-2-3-9-27-17;8-7(9,10)12-6-3-1-5(11)2-4-6;1-4(2,3)5;1-2;;;;;/h4-8,10,13-14,18,22,34H,1-3,9,11-12,15H2,(H,31,35);5,7,10-11,14,17,24H,2-4,6,8-9,12H2,1H3;1-4H,11H2;1-3H3;1H3;3*1H4;1H;/q;;;-1;;;;;;+1/t18-,22?;14-,17?;;;;;;;;/m11......../s1. The van der Waals surface area contributed by atoms with Crippen LogP contribution in [-0.4, -0.2) is 133 Å². The van der Waals surface area contributed by atoms with Gasteiger partial charge in [0.1, 0.15) is 23.1 Å². The van der Waals surface area contributed by atoms with Crippen LogP contribution in [0.15, 0.2) is 97.6 Å². The number of esters is 1. The first kappa shape index (κ1) is 81.4. The molecule has 0 spiro atoms. The summed E-state index contributed by atoms with van der Waals surface area (Å²) in [7, 11) is 1.35. The van der Waals surface area contributed by atoms with Gasteiger partial charge in [-0.3, -0.25) is 4.79 Å². The number of alkyl halides is 7. The van der Waals surface area contributed by atoms with Gasteiger partial charge in [0.25, 0.3) is 5.91 Å². The van der Waals surface area contributed by atoms with Crippen molar-refractivity contribution >= 4 is 82.1 Å². The van der Waals surface area contributed by atoms with Gasteiger partial charge in [-0.2, -0.15) is 10.2 Å². The van der Waals surface area contributed by atoms with E-state index in [0.717, 1.165) is 67.9 Å². The maximum Gasteiger partial charge on any atom is 1.00 e. The number of hydrogen-bond acceptors (Lipinski definition) is 17. The van der Waals surface area contributed by atoms with Crippen molar-refractivity contribution in [1.29, 1.82) is 0 Å². The number of nitrogens with one attached hydrogen (secondary N) is 1. The minimum Gasteiger partial charge on any atom is -0.850 e. The summed E-state index contributed by atoms with van der Waals surface area (Å²) >= 11 is 14.0. The molecule has 4 aliphatic heterocycles. The molecule has 2 aromatic carbocycles. The monoisotopic (exact) mass is 1340 g/mol. The van der Waals surface area contributed by atoms with Crippen LogP contribution in [0.25, 0.3) is 22.5 Å². The summed E-state index contributed by atoms with van der Waals surface area (Å²) in [6.45, 7) is 8.58. The third kappa shape index (κ3) is 25.6. The minimum atomic E-state index is -3.82. The fraction of sp³-hybridized carbons (Fsp3) is 0.492. The first-order valence-electron chi connectivity index (χ1n) is 26.5. The zero-order chi connectivity index (χ0) is 60.5. The summed E-state index contributed by atoms with van der Waals surface area (Å²) in [5.74, 6) is 0.349. The van der Waals surface area contributed by atoms with Crippen LogP contribution in [0, 0.1) is 0 Å². The molecule has 10 rings (SSSR count). The van der Waals surface area contributed by atoms with Gasteiger partial charge < -0.3 is 59.9 Å². The van der Waals surface area contributed by atoms with Crippen molar-refractivity contribution in [3.05, 3.63) is 109 Å². The molecule has 0 radical (unpaired) electrons. The molecule has 4 saturated heterocycles. The van der Waals surface area contributed by atoms with Gasteiger partial charge in [0.2, 0.25) is 0 Å². The number of aromatic nitrogens is 6. The molecule has 29 heteroatoms. The molecule has 4 aliphatic rings. The summed E-state index contributed by atoms with van der Waals surface area (Å²) < 4.78 is 78.5. The first-order valence-corrected chi connectivity index (χ1v) is 28.0. The van der Waals surface area contributed by atoms with E-state index in [2.05, 4.69) is 58.2 Å². The Morgan fingerprint density at radius 2 is 1.08 bits per heavy atom. The number of ether oxygens (including phenoxy) is 5. The molecular formula is C59H81Cl4F4KN10O10. The average molecular weight is 1350 g/mol. The van der Waals surface area contributed by atoms with Gasteiger partial charge in [0.05, 0.1) is 41.8 Å². The van der Waals surface area contributed by atoms with E-state index in [-0.39, 0.29) is 116 Å². The van der Waals surface area contributed by atoms with Gasteiger partial charge in [-0.15, -0.1) is 47.2 Å². The summed E-state index contributed by atoms with van der Waals surface area (Å²) in [5, 5.41) is 41.9. The zero-order valence-electron chi connectivity index (χ0n) is 47.8. The van der Waals surface area contributed by atoms with E-state index in [1.54, 1.807) is 45.3 Å². The van der Waals surface area contributed by atoms with Gasteiger partial charge in [0, 0.05) is 116 Å². The number of methoxy groups -OCH3 is 1. The quantitative estimate of drug-likeness (QED) is 0.0276. The molecule has 4 fully saturated rings. The predicted molar refractivity (Wildman–Crippen MR) is 333 cm³/mol. The van der Waals surface area contributed by atoms with Gasteiger partial charge in [-0.25, -0.2) is 24.1 Å². The molecule has 8 heterocycles. The Morgan fingerprint density at radius 3 is 1.44 bits per heavy atom. The Labute approximate surface area is 576 Å². The number of benzene rings is 2. The molecule has 0 saturated carbocycles. The van der Waals surface area contributed by atoms with Crippen LogP contribution in [0.5, 0.6) is 11.5 Å². The average Bonchev–Trinajstić information content (AvgIpc) is 1.85. The maximum atomic E-state index is 13.1. The Bertz CT molecular complexity index is 3000. The number of rotatable bonds is 13. The van der Waals surface area contributed by atoms with Crippen LogP contribution in [0.4, 0.5) is 40.6 Å². The first-order chi connectivity index (χ1) is 39.4. The minimum absolute atomic E-state index is 0. The number of aliphatic hydroxyl groups is 2. The van der Waals surface area contributed by atoms with E-state index in [0.29, 0.717) is 79.5 Å². The van der Waals surface area contributed by atoms with Gasteiger partial charge in [-0.05, 0) is 124 Å². The normalized spacial score (nSPS) is 17.8.